The minimum absolute atomic E-state index is 0.0511. The normalized spacial score (nSPS) is 27.7. The topological polar surface area (TPSA) is 116 Å². The van der Waals surface area contributed by atoms with Crippen molar-refractivity contribution in [1.29, 1.82) is 0 Å². The average Bonchev–Trinajstić information content (AvgIpc) is 2.48. The van der Waals surface area contributed by atoms with Crippen LogP contribution in [0.3, 0.4) is 0 Å². The van der Waals surface area contributed by atoms with Crippen molar-refractivity contribution in [3.8, 4) is 0 Å². The van der Waals surface area contributed by atoms with Crippen LogP contribution >= 0.6 is 0 Å². The lowest BCUT2D eigenvalue weighted by Gasteiger charge is -2.56. The molecule has 2 fully saturated rings. The molecule has 0 aromatic rings. The summed E-state index contributed by atoms with van der Waals surface area (Å²) in [6.07, 6.45) is 2.29. The summed E-state index contributed by atoms with van der Waals surface area (Å²) in [6, 6.07) is 0. The van der Waals surface area contributed by atoms with Gasteiger partial charge in [0, 0.05) is 24.9 Å². The number of nitrogens with one attached hydrogen (secondary N) is 1. The number of piperidine rings is 1. The molecule has 1 spiro atoms. The van der Waals surface area contributed by atoms with Gasteiger partial charge in [-0.15, -0.1) is 0 Å². The quantitative estimate of drug-likeness (QED) is 0.532. The minimum Gasteiger partial charge on any atom is -0.394 e. The first-order chi connectivity index (χ1) is 10.3. The molecule has 1 aliphatic carbocycles. The molecule has 8 nitrogen and oxygen atoms in total. The molecule has 0 bridgehead atoms. The van der Waals surface area contributed by atoms with E-state index in [1.165, 1.54) is 0 Å². The van der Waals surface area contributed by atoms with Crippen LogP contribution in [-0.2, 0) is 19.6 Å². The number of nitrogens with zero attached hydrogens (tertiary/aromatic N) is 1. The Hall–Kier alpha value is -0.740. The molecule has 1 heterocycles. The van der Waals surface area contributed by atoms with Crippen molar-refractivity contribution in [3.63, 3.8) is 0 Å². The lowest BCUT2D eigenvalue weighted by molar-refractivity contribution is -0.213. The number of likely N-dealkylation sites (tertiary alicyclic amines) is 1. The Labute approximate surface area is 130 Å². The molecular formula is C13H24N2O6S. The highest BCUT2D eigenvalue weighted by atomic mass is 32.2. The van der Waals surface area contributed by atoms with E-state index >= 15 is 0 Å². The molecule has 0 radical (unpaired) electrons. The van der Waals surface area contributed by atoms with E-state index < -0.39 is 16.1 Å². The van der Waals surface area contributed by atoms with Crippen LogP contribution in [0.5, 0.6) is 0 Å². The first-order valence-corrected chi connectivity index (χ1v) is 9.30. The van der Waals surface area contributed by atoms with Crippen LogP contribution in [0.1, 0.15) is 19.3 Å². The number of hydrogen-bond donors (Lipinski definition) is 3. The summed E-state index contributed by atoms with van der Waals surface area (Å²) in [5.74, 6) is -0.262. The van der Waals surface area contributed by atoms with Crippen LogP contribution in [0.2, 0.25) is 0 Å². The highest BCUT2D eigenvalue weighted by molar-refractivity contribution is 7.88. The minimum atomic E-state index is -3.38. The van der Waals surface area contributed by atoms with E-state index in [0.29, 0.717) is 32.4 Å². The lowest BCUT2D eigenvalue weighted by Crippen LogP contribution is -2.63. The van der Waals surface area contributed by atoms with E-state index in [1.807, 2.05) is 0 Å². The predicted molar refractivity (Wildman–Crippen MR) is 78.5 cm³/mol. The van der Waals surface area contributed by atoms with E-state index in [1.54, 1.807) is 4.90 Å². The van der Waals surface area contributed by atoms with Crippen molar-refractivity contribution < 1.29 is 28.2 Å². The van der Waals surface area contributed by atoms with Crippen LogP contribution in [0, 0.1) is 5.41 Å². The zero-order valence-corrected chi connectivity index (χ0v) is 13.5. The maximum atomic E-state index is 12.0. The average molecular weight is 336 g/mol. The van der Waals surface area contributed by atoms with Gasteiger partial charge in [0.15, 0.2) is 0 Å². The molecule has 3 N–H and O–H groups in total. The highest BCUT2D eigenvalue weighted by Crippen LogP contribution is 2.50. The molecule has 128 valence electrons. The fourth-order valence-electron chi connectivity index (χ4n) is 3.29. The summed E-state index contributed by atoms with van der Waals surface area (Å²) in [7, 11) is -3.38. The van der Waals surface area contributed by atoms with Crippen LogP contribution in [0.15, 0.2) is 0 Å². The molecule has 0 unspecified atom stereocenters. The number of ether oxygens (including phenoxy) is 1. The van der Waals surface area contributed by atoms with Crippen LogP contribution in [0.25, 0.3) is 0 Å². The predicted octanol–water partition coefficient (Wildman–Crippen LogP) is -1.71. The second-order valence-electron chi connectivity index (χ2n) is 6.04. The molecule has 0 aromatic carbocycles. The largest absolute Gasteiger partial charge is 0.394 e. The van der Waals surface area contributed by atoms with Gasteiger partial charge in [-0.3, -0.25) is 4.79 Å². The van der Waals surface area contributed by atoms with Gasteiger partial charge in [0.1, 0.15) is 0 Å². The molecule has 2 rings (SSSR count). The van der Waals surface area contributed by atoms with Crippen molar-refractivity contribution in [1.82, 2.24) is 9.62 Å². The Kier molecular flexibility index (Phi) is 5.44. The maximum Gasteiger partial charge on any atom is 0.237 e. The fraction of sp³-hybridized carbons (Fsp3) is 0.923. The molecule has 0 aromatic heterocycles. The van der Waals surface area contributed by atoms with Crippen LogP contribution in [-0.4, -0.2) is 80.7 Å². The van der Waals surface area contributed by atoms with Gasteiger partial charge < -0.3 is 19.8 Å². The number of rotatable bonds is 6. The van der Waals surface area contributed by atoms with E-state index in [4.69, 9.17) is 9.84 Å². The first kappa shape index (κ1) is 17.6. The number of aliphatic hydroxyl groups is 2. The van der Waals surface area contributed by atoms with Crippen molar-refractivity contribution in [2.75, 3.05) is 39.1 Å². The third-order valence-corrected chi connectivity index (χ3v) is 5.35. The highest BCUT2D eigenvalue weighted by Gasteiger charge is 2.56. The zero-order chi connectivity index (χ0) is 16.4. The molecule has 2 atom stereocenters. The monoisotopic (exact) mass is 336 g/mol. The first-order valence-electron chi connectivity index (χ1n) is 7.41. The number of carbonyl (C=O) groups excluding carboxylic acids is 1. The van der Waals surface area contributed by atoms with Gasteiger partial charge in [-0.25, -0.2) is 13.1 Å². The van der Waals surface area contributed by atoms with E-state index in [2.05, 4.69) is 4.72 Å². The summed E-state index contributed by atoms with van der Waals surface area (Å²) in [4.78, 5) is 13.6. The summed E-state index contributed by atoms with van der Waals surface area (Å²) in [5.41, 5.74) is -0.337. The number of amides is 1. The summed E-state index contributed by atoms with van der Waals surface area (Å²) in [5, 5.41) is 18.9. The Bertz CT molecular complexity index is 501. The summed E-state index contributed by atoms with van der Waals surface area (Å²) in [6.45, 7) is 0.907. The van der Waals surface area contributed by atoms with Gasteiger partial charge >= 0.3 is 0 Å². The summed E-state index contributed by atoms with van der Waals surface area (Å²) < 4.78 is 29.8. The number of aliphatic hydroxyl groups excluding tert-OH is 2. The van der Waals surface area contributed by atoms with E-state index in [-0.39, 0.29) is 37.2 Å². The summed E-state index contributed by atoms with van der Waals surface area (Å²) >= 11 is 0. The zero-order valence-electron chi connectivity index (χ0n) is 12.7. The van der Waals surface area contributed by atoms with Gasteiger partial charge in [0.05, 0.1) is 38.2 Å². The molecular weight excluding hydrogens is 312 g/mol. The van der Waals surface area contributed by atoms with Crippen LogP contribution in [0.4, 0.5) is 0 Å². The van der Waals surface area contributed by atoms with Crippen molar-refractivity contribution >= 4 is 15.9 Å². The second-order valence-corrected chi connectivity index (χ2v) is 7.87. The van der Waals surface area contributed by atoms with Crippen molar-refractivity contribution in [2.24, 2.45) is 5.41 Å². The molecule has 1 aliphatic heterocycles. The third-order valence-electron chi connectivity index (χ3n) is 4.69. The standard InChI is InChI=1S/C13H24N2O6S/c1-22(19,20)14-9-12(18)15-4-2-13(3-5-15)10(17)8-11(13)21-7-6-16/h10-11,14,16-17H,2-9H2,1H3/t10-,11+/m0/s1. The Balaban J connectivity index is 1.85. The second kappa shape index (κ2) is 6.79. The third kappa shape index (κ3) is 3.77. The smallest absolute Gasteiger partial charge is 0.237 e. The molecule has 1 amide bonds. The van der Waals surface area contributed by atoms with Crippen molar-refractivity contribution in [3.05, 3.63) is 0 Å². The van der Waals surface area contributed by atoms with Gasteiger partial charge in [0.2, 0.25) is 15.9 Å². The SMILES string of the molecule is CS(=O)(=O)NCC(=O)N1CCC2(CC1)[C@@H](O)C[C@H]2OCCO. The van der Waals surface area contributed by atoms with E-state index in [0.717, 1.165) is 6.26 Å². The van der Waals surface area contributed by atoms with Crippen LogP contribution < -0.4 is 4.72 Å². The maximum absolute atomic E-state index is 12.0. The Morgan fingerprint density at radius 1 is 1.41 bits per heavy atom. The fourth-order valence-corrected chi connectivity index (χ4v) is 3.67. The van der Waals surface area contributed by atoms with Gasteiger partial charge in [-0.05, 0) is 12.8 Å². The lowest BCUT2D eigenvalue weighted by atomic mass is 9.58. The molecule has 1 saturated carbocycles. The molecule has 22 heavy (non-hydrogen) atoms. The van der Waals surface area contributed by atoms with Crippen molar-refractivity contribution in [2.45, 2.75) is 31.5 Å². The number of sulfonamides is 1. The molecule has 2 aliphatic rings. The number of hydrogen-bond acceptors (Lipinski definition) is 6. The van der Waals surface area contributed by atoms with Gasteiger partial charge in [-0.2, -0.15) is 0 Å². The number of carbonyl (C=O) groups is 1. The van der Waals surface area contributed by atoms with E-state index in [9.17, 15) is 18.3 Å². The Morgan fingerprint density at radius 3 is 2.55 bits per heavy atom. The molecule has 9 heteroatoms. The van der Waals surface area contributed by atoms with Gasteiger partial charge in [0.25, 0.3) is 0 Å². The Morgan fingerprint density at radius 2 is 2.05 bits per heavy atom. The van der Waals surface area contributed by atoms with Gasteiger partial charge in [-0.1, -0.05) is 0 Å². The molecule has 1 saturated heterocycles.